The number of rotatable bonds is 54. The summed E-state index contributed by atoms with van der Waals surface area (Å²) in [4.78, 5) is 34.0. The van der Waals surface area contributed by atoms with Crippen LogP contribution in [0.1, 0.15) is 323 Å². The molecule has 0 saturated heterocycles. The van der Waals surface area contributed by atoms with E-state index in [4.69, 9.17) is 0 Å². The predicted molar refractivity (Wildman–Crippen MR) is 294 cm³/mol. The van der Waals surface area contributed by atoms with Gasteiger partial charge in [0.05, 0.1) is 6.10 Å². The number of hydrogen-bond acceptors (Lipinski definition) is 4. The monoisotopic (exact) mass is 944 g/mol. The Labute approximate surface area is 420 Å². The molecule has 0 aliphatic heterocycles. The lowest BCUT2D eigenvalue weighted by Crippen LogP contribution is -2.39. The Morgan fingerprint density at radius 3 is 0.806 bits per heavy atom. The molecule has 2 amide bonds. The average molecular weight is 945 g/mol. The van der Waals surface area contributed by atoms with Crippen molar-refractivity contribution in [1.29, 1.82) is 0 Å². The smallest absolute Gasteiger partial charge is 0.222 e. The van der Waals surface area contributed by atoms with Crippen molar-refractivity contribution < 1.29 is 14.7 Å². The predicted octanol–water partition coefficient (Wildman–Crippen LogP) is 18.0. The van der Waals surface area contributed by atoms with Gasteiger partial charge in [-0.2, -0.15) is 0 Å². The normalized spacial score (nSPS) is 14.8. The maximum atomic E-state index is 13.4. The van der Waals surface area contributed by atoms with Gasteiger partial charge in [-0.25, -0.2) is 0 Å². The van der Waals surface area contributed by atoms with Gasteiger partial charge in [-0.1, -0.05) is 246 Å². The largest absolute Gasteiger partial charge is 0.393 e. The van der Waals surface area contributed by atoms with E-state index in [1.165, 1.54) is 264 Å². The van der Waals surface area contributed by atoms with E-state index in [9.17, 15) is 14.7 Å². The van der Waals surface area contributed by atoms with Crippen molar-refractivity contribution in [2.24, 2.45) is 5.92 Å². The molecule has 0 spiro atoms. The number of amides is 2. The first-order chi connectivity index (χ1) is 32.9. The van der Waals surface area contributed by atoms with E-state index in [0.29, 0.717) is 17.7 Å². The zero-order valence-electron chi connectivity index (χ0n) is 46.2. The molecule has 0 aromatic carbocycles. The summed E-state index contributed by atoms with van der Waals surface area (Å²) in [5.41, 5.74) is 0. The van der Waals surface area contributed by atoms with Gasteiger partial charge in [-0.15, -0.1) is 0 Å². The molecule has 1 aliphatic rings. The highest BCUT2D eigenvalue weighted by atomic mass is 16.3. The third-order valence-electron chi connectivity index (χ3n) is 15.3. The number of carbonyl (C=O) groups excluding carboxylic acids is 2. The number of nitrogens with zero attached hydrogens (tertiary/aromatic N) is 3. The van der Waals surface area contributed by atoms with Crippen LogP contribution in [0.2, 0.25) is 0 Å². The molecule has 0 aromatic rings. The zero-order valence-corrected chi connectivity index (χ0v) is 46.2. The molecule has 6 heteroatoms. The van der Waals surface area contributed by atoms with Gasteiger partial charge in [0.25, 0.3) is 0 Å². The van der Waals surface area contributed by atoms with E-state index in [2.05, 4.69) is 42.4 Å². The highest BCUT2D eigenvalue weighted by Crippen LogP contribution is 2.28. The van der Waals surface area contributed by atoms with E-state index < -0.39 is 0 Å². The number of hydrogen-bond donors (Lipinski definition) is 1. The van der Waals surface area contributed by atoms with Gasteiger partial charge < -0.3 is 19.8 Å². The Kier molecular flexibility index (Phi) is 47.5. The van der Waals surface area contributed by atoms with Crippen molar-refractivity contribution in [2.75, 3.05) is 45.8 Å². The molecule has 1 rings (SSSR count). The van der Waals surface area contributed by atoms with Crippen molar-refractivity contribution in [3.05, 3.63) is 0 Å². The Bertz CT molecular complexity index is 1010. The summed E-state index contributed by atoms with van der Waals surface area (Å²) >= 11 is 0. The Hall–Kier alpha value is -1.14. The molecule has 0 atom stereocenters. The van der Waals surface area contributed by atoms with Crippen molar-refractivity contribution >= 4 is 11.8 Å². The van der Waals surface area contributed by atoms with Gasteiger partial charge in [0.2, 0.25) is 11.8 Å². The minimum atomic E-state index is -0.0713. The van der Waals surface area contributed by atoms with Crippen LogP contribution in [0.3, 0.4) is 0 Å². The zero-order chi connectivity index (χ0) is 48.5. The molecule has 1 N–H and O–H groups in total. The molecule has 0 bridgehead atoms. The fourth-order valence-corrected chi connectivity index (χ4v) is 10.6. The van der Waals surface area contributed by atoms with Gasteiger partial charge in [0, 0.05) is 45.6 Å². The summed E-state index contributed by atoms with van der Waals surface area (Å²) in [6, 6.07) is 0. The first-order valence-electron chi connectivity index (χ1n) is 30.9. The first-order valence-corrected chi connectivity index (χ1v) is 30.9. The molecule has 67 heavy (non-hydrogen) atoms. The Morgan fingerprint density at radius 2 is 0.552 bits per heavy atom. The molecule has 0 aromatic heterocycles. The minimum absolute atomic E-state index is 0.0713. The van der Waals surface area contributed by atoms with E-state index in [1.807, 2.05) is 0 Å². The maximum absolute atomic E-state index is 13.4. The molecular formula is C61H121N3O3. The maximum Gasteiger partial charge on any atom is 0.222 e. The fraction of sp³-hybridized carbons (Fsp3) is 0.967. The van der Waals surface area contributed by atoms with Crippen molar-refractivity contribution in [3.8, 4) is 0 Å². The van der Waals surface area contributed by atoms with Crippen LogP contribution < -0.4 is 0 Å². The van der Waals surface area contributed by atoms with Crippen LogP contribution in [0.25, 0.3) is 0 Å². The van der Waals surface area contributed by atoms with Gasteiger partial charge in [0.1, 0.15) is 0 Å². The topological polar surface area (TPSA) is 64.1 Å². The second kappa shape index (κ2) is 49.8. The van der Waals surface area contributed by atoms with Crippen molar-refractivity contribution in [1.82, 2.24) is 14.7 Å². The van der Waals surface area contributed by atoms with Crippen LogP contribution in [-0.4, -0.2) is 83.5 Å². The lowest BCUT2D eigenvalue weighted by Gasteiger charge is -2.36. The van der Waals surface area contributed by atoms with E-state index in [1.54, 1.807) is 0 Å². The van der Waals surface area contributed by atoms with Gasteiger partial charge >= 0.3 is 0 Å². The summed E-state index contributed by atoms with van der Waals surface area (Å²) < 4.78 is 0. The average Bonchev–Trinajstić information content (AvgIpc) is 3.31. The molecule has 0 heterocycles. The second-order valence-corrected chi connectivity index (χ2v) is 22.0. The standard InChI is InChI=1S/C61H121N3O3/c1-5-9-13-17-21-25-35-43-51-63(52-44-36-26-22-18-14-10-6-2)61(67)48-40-32-30-34-42-50-62(57-58-55-59(65)56-58)49-41-33-28-29-38-46-54-64(53-45-37-27-23-19-15-11-7-3)60(66)47-39-31-24-20-16-12-8-4/h58-59,65H,5-57H2,1-4H3. The van der Waals surface area contributed by atoms with Gasteiger partial charge in [0.15, 0.2) is 0 Å². The van der Waals surface area contributed by atoms with Crippen LogP contribution in [0, 0.1) is 5.92 Å². The third-order valence-corrected chi connectivity index (χ3v) is 15.3. The molecular weight excluding hydrogens is 823 g/mol. The van der Waals surface area contributed by atoms with E-state index in [0.717, 1.165) is 77.7 Å². The number of carbonyl (C=O) groups is 2. The van der Waals surface area contributed by atoms with Crippen molar-refractivity contribution in [3.63, 3.8) is 0 Å². The summed E-state index contributed by atoms with van der Waals surface area (Å²) in [5, 5.41) is 9.99. The Morgan fingerprint density at radius 1 is 0.328 bits per heavy atom. The van der Waals surface area contributed by atoms with Crippen LogP contribution >= 0.6 is 0 Å². The highest BCUT2D eigenvalue weighted by molar-refractivity contribution is 5.76. The van der Waals surface area contributed by atoms with Gasteiger partial charge in [-0.05, 0) is 83.2 Å². The van der Waals surface area contributed by atoms with E-state index >= 15 is 0 Å². The first kappa shape index (κ1) is 63.9. The quantitative estimate of drug-likeness (QED) is 0.0617. The molecule has 398 valence electrons. The summed E-state index contributed by atoms with van der Waals surface area (Å²) in [5.74, 6) is 1.50. The molecule has 1 saturated carbocycles. The van der Waals surface area contributed by atoms with E-state index in [-0.39, 0.29) is 6.10 Å². The lowest BCUT2D eigenvalue weighted by molar-refractivity contribution is -0.132. The molecule has 1 aliphatic carbocycles. The minimum Gasteiger partial charge on any atom is -0.393 e. The van der Waals surface area contributed by atoms with Crippen LogP contribution in [0.5, 0.6) is 0 Å². The Balaban J connectivity index is 2.38. The fourth-order valence-electron chi connectivity index (χ4n) is 10.6. The number of aliphatic hydroxyl groups is 1. The molecule has 0 radical (unpaired) electrons. The van der Waals surface area contributed by atoms with Crippen LogP contribution in [-0.2, 0) is 9.59 Å². The SMILES string of the molecule is CCCCCCCCCCN(CCCCCCCCN(CCCCCCCC(=O)N(CCCCCCCCCC)CCCCCCCCCC)CC1CC(O)C1)C(=O)CCCCCCCCC. The lowest BCUT2D eigenvalue weighted by atomic mass is 9.82. The van der Waals surface area contributed by atoms with Crippen LogP contribution in [0.4, 0.5) is 0 Å². The number of aliphatic hydroxyl groups excluding tert-OH is 1. The van der Waals surface area contributed by atoms with Crippen LogP contribution in [0.15, 0.2) is 0 Å². The number of unbranched alkanes of at least 4 members (excludes halogenated alkanes) is 36. The highest BCUT2D eigenvalue weighted by Gasteiger charge is 2.28. The molecule has 1 fully saturated rings. The second-order valence-electron chi connectivity index (χ2n) is 22.0. The molecule has 6 nitrogen and oxygen atoms in total. The molecule has 0 unspecified atom stereocenters. The summed E-state index contributed by atoms with van der Waals surface area (Å²) in [6.45, 7) is 16.5. The summed E-state index contributed by atoms with van der Waals surface area (Å²) in [7, 11) is 0. The van der Waals surface area contributed by atoms with Gasteiger partial charge in [-0.3, -0.25) is 9.59 Å². The third kappa shape index (κ3) is 41.2. The summed E-state index contributed by atoms with van der Waals surface area (Å²) in [6.07, 6.45) is 57.5. The van der Waals surface area contributed by atoms with Crippen molar-refractivity contribution in [2.45, 2.75) is 329 Å².